The highest BCUT2D eigenvalue weighted by molar-refractivity contribution is 6.41. The van der Waals surface area contributed by atoms with Crippen LogP contribution in [0.15, 0.2) is 36.5 Å². The minimum Gasteiger partial charge on any atom is -0.355 e. The van der Waals surface area contributed by atoms with Crippen molar-refractivity contribution in [1.82, 2.24) is 4.98 Å². The first-order valence-electron chi connectivity index (χ1n) is 8.37. The minimum absolute atomic E-state index is 0.439. The number of hydrogen-bond donors (Lipinski definition) is 0. The normalized spacial score (nSPS) is 23.8. The Morgan fingerprint density at radius 1 is 1.20 bits per heavy atom. The molecule has 1 aliphatic rings. The van der Waals surface area contributed by atoms with E-state index in [0.717, 1.165) is 11.1 Å². The summed E-state index contributed by atoms with van der Waals surface area (Å²) in [5.41, 5.74) is 3.17. The molecule has 130 valence electrons. The van der Waals surface area contributed by atoms with Gasteiger partial charge in [-0.15, -0.1) is 0 Å². The van der Waals surface area contributed by atoms with E-state index in [1.54, 1.807) is 31.3 Å². The number of ether oxygens (including phenoxy) is 1. The molecule has 3 atom stereocenters. The Hall–Kier alpha value is -2.04. The van der Waals surface area contributed by atoms with Crippen LogP contribution in [0.5, 0.6) is 0 Å². The van der Waals surface area contributed by atoms with Crippen LogP contribution in [0, 0.1) is 12.8 Å². The third-order valence-corrected chi connectivity index (χ3v) is 4.93. The molecule has 0 bridgehead atoms. The lowest BCUT2D eigenvalue weighted by atomic mass is 9.85. The lowest BCUT2D eigenvalue weighted by Gasteiger charge is -2.33. The first-order valence-corrected chi connectivity index (χ1v) is 8.75. The second-order valence-electron chi connectivity index (χ2n) is 6.38. The van der Waals surface area contributed by atoms with Crippen molar-refractivity contribution in [3.8, 4) is 0 Å². The van der Waals surface area contributed by atoms with Gasteiger partial charge in [0.15, 0.2) is 6.10 Å². The second-order valence-corrected chi connectivity index (χ2v) is 6.79. The van der Waals surface area contributed by atoms with Gasteiger partial charge in [0.05, 0.1) is 11.6 Å². The molecule has 4 nitrogen and oxygen atoms in total. The van der Waals surface area contributed by atoms with Crippen LogP contribution in [0.2, 0.25) is 5.02 Å². The number of nitrogens with zero attached hydrogens (tertiary/aromatic N) is 1. The van der Waals surface area contributed by atoms with Crippen molar-refractivity contribution in [2.75, 3.05) is 0 Å². The fourth-order valence-electron chi connectivity index (χ4n) is 3.30. The van der Waals surface area contributed by atoms with E-state index in [0.29, 0.717) is 22.7 Å². The summed E-state index contributed by atoms with van der Waals surface area (Å²) in [5.74, 6) is -1.56. The summed E-state index contributed by atoms with van der Waals surface area (Å²) in [4.78, 5) is 29.5. The predicted octanol–water partition coefficient (Wildman–Crippen LogP) is 4.19. The Kier molecular flexibility index (Phi) is 5.02. The van der Waals surface area contributed by atoms with Gasteiger partial charge in [0, 0.05) is 16.8 Å². The number of halogens is 1. The number of Topliss-reactive ketones (excluding diaryl/α,β-unsaturated/α-hetero) is 2. The van der Waals surface area contributed by atoms with Crippen molar-refractivity contribution in [3.63, 3.8) is 0 Å². The summed E-state index contributed by atoms with van der Waals surface area (Å²) >= 11 is 6.43. The molecule has 3 rings (SSSR count). The third kappa shape index (κ3) is 3.24. The van der Waals surface area contributed by atoms with Gasteiger partial charge in [-0.05, 0) is 42.7 Å². The number of benzene rings is 1. The molecule has 1 aromatic carbocycles. The molecule has 0 N–H and O–H groups in total. The number of aromatic nitrogens is 1. The van der Waals surface area contributed by atoms with Gasteiger partial charge in [0.2, 0.25) is 11.6 Å². The van der Waals surface area contributed by atoms with Gasteiger partial charge < -0.3 is 4.74 Å². The average Bonchev–Trinajstić information content (AvgIpc) is 2.61. The largest absolute Gasteiger partial charge is 0.355 e. The Balaban J connectivity index is 2.07. The van der Waals surface area contributed by atoms with E-state index >= 15 is 0 Å². The highest BCUT2D eigenvalue weighted by Crippen LogP contribution is 2.41. The van der Waals surface area contributed by atoms with Gasteiger partial charge in [0.25, 0.3) is 0 Å². The third-order valence-electron chi connectivity index (χ3n) is 4.61. The van der Waals surface area contributed by atoms with Crippen LogP contribution in [-0.2, 0) is 20.7 Å². The zero-order chi connectivity index (χ0) is 18.1. The van der Waals surface area contributed by atoms with Crippen LogP contribution >= 0.6 is 11.6 Å². The van der Waals surface area contributed by atoms with Gasteiger partial charge in [-0.2, -0.15) is 0 Å². The SMILES string of the molecule is CCc1cc(C)cc(Cl)c1C1OC(c2ccccn2)C(C)C(=O)C1=O. The standard InChI is InChI=1S/C20H20ClNO3/c1-4-13-9-11(2)10-14(21)16(13)20-18(24)17(23)12(3)19(25-20)15-7-5-6-8-22-15/h5-10,12,19-20H,4H2,1-3H3. The molecule has 0 saturated carbocycles. The number of ketones is 2. The van der Waals surface area contributed by atoms with E-state index < -0.39 is 29.7 Å². The van der Waals surface area contributed by atoms with Gasteiger partial charge in [0.1, 0.15) is 6.10 Å². The highest BCUT2D eigenvalue weighted by atomic mass is 35.5. The quantitative estimate of drug-likeness (QED) is 0.773. The molecule has 1 saturated heterocycles. The van der Waals surface area contributed by atoms with Crippen LogP contribution in [0.1, 0.15) is 48.4 Å². The Bertz CT molecular complexity index is 819. The highest BCUT2D eigenvalue weighted by Gasteiger charge is 2.44. The molecule has 2 aromatic rings. The topological polar surface area (TPSA) is 56.3 Å². The van der Waals surface area contributed by atoms with E-state index in [9.17, 15) is 9.59 Å². The lowest BCUT2D eigenvalue weighted by molar-refractivity contribution is -0.163. The zero-order valence-electron chi connectivity index (χ0n) is 14.5. The molecule has 25 heavy (non-hydrogen) atoms. The minimum atomic E-state index is -0.987. The average molecular weight is 358 g/mol. The maximum atomic E-state index is 12.7. The van der Waals surface area contributed by atoms with E-state index in [-0.39, 0.29) is 0 Å². The van der Waals surface area contributed by atoms with Crippen molar-refractivity contribution < 1.29 is 14.3 Å². The van der Waals surface area contributed by atoms with Crippen molar-refractivity contribution in [3.05, 3.63) is 63.9 Å². The molecule has 0 aliphatic carbocycles. The molecular weight excluding hydrogens is 338 g/mol. The molecule has 5 heteroatoms. The number of pyridine rings is 1. The summed E-state index contributed by atoms with van der Waals surface area (Å²) < 4.78 is 6.10. The molecule has 1 fully saturated rings. The van der Waals surface area contributed by atoms with E-state index in [1.165, 1.54) is 0 Å². The zero-order valence-corrected chi connectivity index (χ0v) is 15.2. The molecule has 2 heterocycles. The first kappa shape index (κ1) is 17.8. The molecule has 0 spiro atoms. The van der Waals surface area contributed by atoms with Crippen molar-refractivity contribution >= 4 is 23.2 Å². The number of carbonyl (C=O) groups excluding carboxylic acids is 2. The van der Waals surface area contributed by atoms with E-state index in [1.807, 2.05) is 26.0 Å². The fraction of sp³-hybridized carbons (Fsp3) is 0.350. The monoisotopic (exact) mass is 357 g/mol. The van der Waals surface area contributed by atoms with Gasteiger partial charge in [-0.25, -0.2) is 0 Å². The molecule has 0 amide bonds. The Morgan fingerprint density at radius 2 is 1.96 bits per heavy atom. The van der Waals surface area contributed by atoms with Crippen molar-refractivity contribution in [1.29, 1.82) is 0 Å². The molecule has 0 radical (unpaired) electrons. The molecular formula is C20H20ClNO3. The summed E-state index contributed by atoms with van der Waals surface area (Å²) in [6.45, 7) is 5.64. The van der Waals surface area contributed by atoms with Crippen molar-refractivity contribution in [2.45, 2.75) is 39.4 Å². The van der Waals surface area contributed by atoms with Crippen LogP contribution in [0.3, 0.4) is 0 Å². The summed E-state index contributed by atoms with van der Waals surface area (Å²) in [5, 5.41) is 0.456. The van der Waals surface area contributed by atoms with Gasteiger partial charge in [-0.3, -0.25) is 14.6 Å². The fourth-order valence-corrected chi connectivity index (χ4v) is 3.69. The molecule has 3 unspecified atom stereocenters. The maximum Gasteiger partial charge on any atom is 0.232 e. The molecule has 1 aromatic heterocycles. The number of aryl methyl sites for hydroxylation is 2. The predicted molar refractivity (Wildman–Crippen MR) is 95.5 cm³/mol. The Labute approximate surface area is 152 Å². The Morgan fingerprint density at radius 3 is 2.60 bits per heavy atom. The second kappa shape index (κ2) is 7.06. The lowest BCUT2D eigenvalue weighted by Crippen LogP contribution is -2.40. The van der Waals surface area contributed by atoms with Crippen LogP contribution in [-0.4, -0.2) is 16.6 Å². The number of hydrogen-bond acceptors (Lipinski definition) is 4. The number of rotatable bonds is 3. The summed E-state index contributed by atoms with van der Waals surface area (Å²) in [7, 11) is 0. The number of carbonyl (C=O) groups is 2. The molecule has 1 aliphatic heterocycles. The van der Waals surface area contributed by atoms with Crippen molar-refractivity contribution in [2.24, 2.45) is 5.92 Å². The van der Waals surface area contributed by atoms with E-state index in [2.05, 4.69) is 4.98 Å². The first-order chi connectivity index (χ1) is 11.9. The van der Waals surface area contributed by atoms with Crippen LogP contribution < -0.4 is 0 Å². The summed E-state index contributed by atoms with van der Waals surface area (Å²) in [6, 6.07) is 9.22. The van der Waals surface area contributed by atoms with E-state index in [4.69, 9.17) is 16.3 Å². The van der Waals surface area contributed by atoms with Crippen LogP contribution in [0.25, 0.3) is 0 Å². The smallest absolute Gasteiger partial charge is 0.232 e. The van der Waals surface area contributed by atoms with Gasteiger partial charge in [-0.1, -0.05) is 37.6 Å². The van der Waals surface area contributed by atoms with Crippen LogP contribution in [0.4, 0.5) is 0 Å². The maximum absolute atomic E-state index is 12.7. The van der Waals surface area contributed by atoms with Gasteiger partial charge >= 0.3 is 0 Å². The summed E-state index contributed by atoms with van der Waals surface area (Å²) in [6.07, 6.45) is 0.789.